The molecule has 0 saturated carbocycles. The molecule has 0 aromatic heterocycles. The molecule has 0 aliphatic rings. The minimum absolute atomic E-state index is 0.00951. The van der Waals surface area contributed by atoms with E-state index in [2.05, 4.69) is 15.9 Å². The maximum absolute atomic E-state index is 10.6. The van der Waals surface area contributed by atoms with Crippen LogP contribution in [0.2, 0.25) is 0 Å². The zero-order valence-electron chi connectivity index (χ0n) is 10.7. The van der Waals surface area contributed by atoms with E-state index in [4.69, 9.17) is 5.73 Å². The molecule has 0 amide bonds. The SMILES string of the molecule is C[C@H](N)c1ccc(Sc2ccc([N+](=O)[O-])cc2)c(Br)c1. The lowest BCUT2D eigenvalue weighted by atomic mass is 10.1. The van der Waals surface area contributed by atoms with E-state index in [9.17, 15) is 10.1 Å². The lowest BCUT2D eigenvalue weighted by molar-refractivity contribution is -0.384. The first-order valence-electron chi connectivity index (χ1n) is 5.94. The molecule has 2 N–H and O–H groups in total. The van der Waals surface area contributed by atoms with E-state index < -0.39 is 4.92 Å². The highest BCUT2D eigenvalue weighted by atomic mass is 79.9. The summed E-state index contributed by atoms with van der Waals surface area (Å²) in [4.78, 5) is 12.2. The molecule has 4 nitrogen and oxygen atoms in total. The minimum Gasteiger partial charge on any atom is -0.324 e. The lowest BCUT2D eigenvalue weighted by Gasteiger charge is -2.09. The molecule has 0 saturated heterocycles. The summed E-state index contributed by atoms with van der Waals surface area (Å²) in [5.74, 6) is 0. The smallest absolute Gasteiger partial charge is 0.269 e. The summed E-state index contributed by atoms with van der Waals surface area (Å²) in [6.07, 6.45) is 0. The molecule has 0 spiro atoms. The van der Waals surface area contributed by atoms with E-state index in [1.54, 1.807) is 23.9 Å². The molecule has 104 valence electrons. The summed E-state index contributed by atoms with van der Waals surface area (Å²) in [6, 6.07) is 12.5. The van der Waals surface area contributed by atoms with Gasteiger partial charge in [0, 0.05) is 32.4 Å². The summed E-state index contributed by atoms with van der Waals surface area (Å²) in [7, 11) is 0. The van der Waals surface area contributed by atoms with Crippen molar-refractivity contribution in [1.29, 1.82) is 0 Å². The monoisotopic (exact) mass is 352 g/mol. The molecule has 20 heavy (non-hydrogen) atoms. The second-order valence-corrected chi connectivity index (χ2v) is 6.30. The van der Waals surface area contributed by atoms with Crippen LogP contribution in [0, 0.1) is 10.1 Å². The normalized spacial score (nSPS) is 12.2. The van der Waals surface area contributed by atoms with Gasteiger partial charge in [-0.05, 0) is 52.7 Å². The quantitative estimate of drug-likeness (QED) is 0.648. The van der Waals surface area contributed by atoms with Gasteiger partial charge in [-0.1, -0.05) is 17.8 Å². The van der Waals surface area contributed by atoms with Gasteiger partial charge in [-0.15, -0.1) is 0 Å². The Morgan fingerprint density at radius 1 is 1.25 bits per heavy atom. The molecule has 0 heterocycles. The van der Waals surface area contributed by atoms with Gasteiger partial charge >= 0.3 is 0 Å². The van der Waals surface area contributed by atoms with E-state index in [1.807, 2.05) is 25.1 Å². The molecular formula is C14H13BrN2O2S. The number of hydrogen-bond donors (Lipinski definition) is 1. The van der Waals surface area contributed by atoms with Crippen molar-refractivity contribution in [3.8, 4) is 0 Å². The van der Waals surface area contributed by atoms with Crippen LogP contribution in [0.4, 0.5) is 5.69 Å². The number of nitro groups is 1. The molecule has 0 bridgehead atoms. The van der Waals surface area contributed by atoms with Crippen LogP contribution < -0.4 is 5.73 Å². The first kappa shape index (κ1) is 15.0. The average Bonchev–Trinajstić information content (AvgIpc) is 2.41. The number of rotatable bonds is 4. The molecule has 0 aliphatic carbocycles. The fourth-order valence-corrected chi connectivity index (χ4v) is 3.10. The molecule has 2 rings (SSSR count). The summed E-state index contributed by atoms with van der Waals surface area (Å²) in [5, 5.41) is 10.6. The Morgan fingerprint density at radius 2 is 1.90 bits per heavy atom. The van der Waals surface area contributed by atoms with Crippen molar-refractivity contribution in [2.75, 3.05) is 0 Å². The molecule has 0 aliphatic heterocycles. The van der Waals surface area contributed by atoms with Gasteiger partial charge in [-0.2, -0.15) is 0 Å². The van der Waals surface area contributed by atoms with Gasteiger partial charge in [-0.3, -0.25) is 10.1 Å². The van der Waals surface area contributed by atoms with Gasteiger partial charge in [0.15, 0.2) is 0 Å². The van der Waals surface area contributed by atoms with E-state index in [0.29, 0.717) is 0 Å². The maximum atomic E-state index is 10.6. The highest BCUT2D eigenvalue weighted by Crippen LogP contribution is 2.35. The van der Waals surface area contributed by atoms with Crippen molar-refractivity contribution in [2.24, 2.45) is 5.73 Å². The second kappa shape index (κ2) is 6.39. The Kier molecular flexibility index (Phi) is 4.80. The number of non-ortho nitro benzene ring substituents is 1. The fraction of sp³-hybridized carbons (Fsp3) is 0.143. The van der Waals surface area contributed by atoms with E-state index in [-0.39, 0.29) is 11.7 Å². The topological polar surface area (TPSA) is 69.2 Å². The van der Waals surface area contributed by atoms with Crippen molar-refractivity contribution in [1.82, 2.24) is 0 Å². The van der Waals surface area contributed by atoms with Crippen LogP contribution >= 0.6 is 27.7 Å². The van der Waals surface area contributed by atoms with Crippen molar-refractivity contribution in [2.45, 2.75) is 22.8 Å². The number of nitro benzene ring substituents is 1. The van der Waals surface area contributed by atoms with Crippen LogP contribution in [-0.2, 0) is 0 Å². The van der Waals surface area contributed by atoms with Gasteiger partial charge in [-0.25, -0.2) is 0 Å². The standard InChI is InChI=1S/C14H13BrN2O2S/c1-9(16)10-2-7-14(13(15)8-10)20-12-5-3-11(4-6-12)17(18)19/h2-9H,16H2,1H3/t9-/m0/s1. The Bertz CT molecular complexity index is 630. The third-order valence-corrected chi connectivity index (χ3v) is 4.76. The molecule has 2 aromatic carbocycles. The highest BCUT2D eigenvalue weighted by Gasteiger charge is 2.08. The average molecular weight is 353 g/mol. The van der Waals surface area contributed by atoms with Crippen LogP contribution in [0.3, 0.4) is 0 Å². The minimum atomic E-state index is -0.401. The van der Waals surface area contributed by atoms with E-state index in [1.165, 1.54) is 12.1 Å². The van der Waals surface area contributed by atoms with Gasteiger partial charge < -0.3 is 5.73 Å². The molecule has 1 atom stereocenters. The van der Waals surface area contributed by atoms with Gasteiger partial charge in [0.1, 0.15) is 0 Å². The summed E-state index contributed by atoms with van der Waals surface area (Å²) >= 11 is 5.07. The maximum Gasteiger partial charge on any atom is 0.269 e. The third-order valence-electron chi connectivity index (χ3n) is 2.76. The number of benzene rings is 2. The third kappa shape index (κ3) is 3.59. The zero-order valence-corrected chi connectivity index (χ0v) is 13.1. The van der Waals surface area contributed by atoms with Gasteiger partial charge in [0.05, 0.1) is 4.92 Å². The number of hydrogen-bond acceptors (Lipinski definition) is 4. The van der Waals surface area contributed by atoms with Crippen LogP contribution in [-0.4, -0.2) is 4.92 Å². The van der Waals surface area contributed by atoms with Crippen molar-refractivity contribution >= 4 is 33.4 Å². The molecule has 6 heteroatoms. The van der Waals surface area contributed by atoms with Gasteiger partial charge in [0.2, 0.25) is 0 Å². The molecule has 0 unspecified atom stereocenters. The molecule has 0 fully saturated rings. The predicted molar refractivity (Wildman–Crippen MR) is 84.0 cm³/mol. The van der Waals surface area contributed by atoms with Crippen LogP contribution in [0.1, 0.15) is 18.5 Å². The summed E-state index contributed by atoms with van der Waals surface area (Å²) in [5.41, 5.74) is 7.00. The number of nitrogens with zero attached hydrogens (tertiary/aromatic N) is 1. The van der Waals surface area contributed by atoms with Gasteiger partial charge in [0.25, 0.3) is 5.69 Å². The first-order chi connectivity index (χ1) is 9.47. The Labute approximate surface area is 129 Å². The lowest BCUT2D eigenvalue weighted by Crippen LogP contribution is -2.04. The van der Waals surface area contributed by atoms with Crippen LogP contribution in [0.5, 0.6) is 0 Å². The van der Waals surface area contributed by atoms with Crippen molar-refractivity contribution < 1.29 is 4.92 Å². The zero-order chi connectivity index (χ0) is 14.7. The first-order valence-corrected chi connectivity index (χ1v) is 7.55. The van der Waals surface area contributed by atoms with E-state index in [0.717, 1.165) is 19.8 Å². The van der Waals surface area contributed by atoms with Crippen molar-refractivity contribution in [3.05, 3.63) is 62.6 Å². The fourth-order valence-electron chi connectivity index (χ4n) is 1.65. The Balaban J connectivity index is 2.19. The largest absolute Gasteiger partial charge is 0.324 e. The summed E-state index contributed by atoms with van der Waals surface area (Å²) in [6.45, 7) is 1.94. The van der Waals surface area contributed by atoms with Crippen LogP contribution in [0.25, 0.3) is 0 Å². The Hall–Kier alpha value is -1.37. The predicted octanol–water partition coefficient (Wildman–Crippen LogP) is 4.53. The molecule has 2 aromatic rings. The molecule has 0 radical (unpaired) electrons. The van der Waals surface area contributed by atoms with E-state index >= 15 is 0 Å². The molecular weight excluding hydrogens is 340 g/mol. The Morgan fingerprint density at radius 3 is 2.40 bits per heavy atom. The van der Waals surface area contributed by atoms with Crippen LogP contribution in [0.15, 0.2) is 56.7 Å². The number of nitrogens with two attached hydrogens (primary N) is 1. The highest BCUT2D eigenvalue weighted by molar-refractivity contribution is 9.10. The second-order valence-electron chi connectivity index (χ2n) is 4.33. The summed E-state index contributed by atoms with van der Waals surface area (Å²) < 4.78 is 0.968. The number of halogens is 1. The van der Waals surface area contributed by atoms with Crippen molar-refractivity contribution in [3.63, 3.8) is 0 Å².